The Balaban J connectivity index is 1.85. The molecule has 2 heterocycles. The minimum atomic E-state index is -3.67. The van der Waals surface area contributed by atoms with Crippen molar-refractivity contribution < 1.29 is 22.3 Å². The highest BCUT2D eigenvalue weighted by atomic mass is 32.2. The molecule has 0 saturated carbocycles. The van der Waals surface area contributed by atoms with Crippen LogP contribution < -0.4 is 9.47 Å². The third-order valence-corrected chi connectivity index (χ3v) is 7.36. The molecule has 1 saturated heterocycles. The van der Waals surface area contributed by atoms with Gasteiger partial charge in [0.25, 0.3) is 0 Å². The first-order valence-corrected chi connectivity index (χ1v) is 10.4. The van der Waals surface area contributed by atoms with Crippen molar-refractivity contribution in [1.29, 1.82) is 0 Å². The first kappa shape index (κ1) is 18.2. The summed E-state index contributed by atoms with van der Waals surface area (Å²) in [6.07, 6.45) is 2.35. The molecule has 8 heteroatoms. The van der Waals surface area contributed by atoms with Crippen LogP contribution in [0.25, 0.3) is 0 Å². The molecule has 0 spiro atoms. The van der Waals surface area contributed by atoms with E-state index in [0.29, 0.717) is 36.8 Å². The zero-order chi connectivity index (χ0) is 17.9. The van der Waals surface area contributed by atoms with Gasteiger partial charge in [-0.25, -0.2) is 8.42 Å². The Morgan fingerprint density at radius 3 is 2.72 bits per heavy atom. The lowest BCUT2D eigenvalue weighted by molar-refractivity contribution is 0.383. The quantitative estimate of drug-likeness (QED) is 0.790. The van der Waals surface area contributed by atoms with E-state index in [4.69, 9.17) is 13.9 Å². The fourth-order valence-electron chi connectivity index (χ4n) is 2.82. The Morgan fingerprint density at radius 2 is 2.04 bits per heavy atom. The molecule has 0 amide bonds. The second-order valence-electron chi connectivity index (χ2n) is 5.58. The monoisotopic (exact) mass is 383 g/mol. The molecule has 3 rings (SSSR count). The number of hydrogen-bond donors (Lipinski definition) is 0. The summed E-state index contributed by atoms with van der Waals surface area (Å²) in [6, 6.07) is 8.60. The van der Waals surface area contributed by atoms with E-state index in [-0.39, 0.29) is 10.1 Å². The van der Waals surface area contributed by atoms with Crippen molar-refractivity contribution in [1.82, 2.24) is 4.31 Å². The molecule has 25 heavy (non-hydrogen) atoms. The fourth-order valence-corrected chi connectivity index (χ4v) is 5.74. The summed E-state index contributed by atoms with van der Waals surface area (Å²) in [5.41, 5.74) is 0. The molecule has 0 bridgehead atoms. The van der Waals surface area contributed by atoms with Crippen LogP contribution in [0.15, 0.2) is 45.9 Å². The van der Waals surface area contributed by atoms with Crippen molar-refractivity contribution in [2.45, 2.75) is 16.6 Å². The summed E-state index contributed by atoms with van der Waals surface area (Å²) in [4.78, 5) is 0.135. The maximum atomic E-state index is 13.1. The molecule has 0 aliphatic carbocycles. The number of ether oxygens (including phenoxy) is 2. The summed E-state index contributed by atoms with van der Waals surface area (Å²) < 4.78 is 43.7. The lowest BCUT2D eigenvalue weighted by Crippen LogP contribution is -2.33. The summed E-state index contributed by atoms with van der Waals surface area (Å²) in [6.45, 7) is 0.881. The van der Waals surface area contributed by atoms with Crippen molar-refractivity contribution in [3.63, 3.8) is 0 Å². The molecule has 1 aliphatic rings. The number of nitrogens with zero attached hydrogens (tertiary/aromatic N) is 1. The molecule has 1 atom stereocenters. The first-order chi connectivity index (χ1) is 12.1. The summed E-state index contributed by atoms with van der Waals surface area (Å²) in [5.74, 6) is 2.40. The van der Waals surface area contributed by atoms with E-state index < -0.39 is 10.0 Å². The number of sulfonamides is 1. The average Bonchev–Trinajstić information content (AvgIpc) is 3.05. The van der Waals surface area contributed by atoms with Crippen LogP contribution in [-0.4, -0.2) is 45.8 Å². The minimum Gasteiger partial charge on any atom is -0.497 e. The van der Waals surface area contributed by atoms with Crippen LogP contribution in [0.1, 0.15) is 17.4 Å². The van der Waals surface area contributed by atoms with Crippen molar-refractivity contribution in [3.8, 4) is 11.5 Å². The summed E-state index contributed by atoms with van der Waals surface area (Å²) in [5, 5.41) is 0.169. The third kappa shape index (κ3) is 3.80. The third-order valence-electron chi connectivity index (χ3n) is 4.15. The van der Waals surface area contributed by atoms with Crippen LogP contribution in [-0.2, 0) is 10.0 Å². The molecule has 1 aliphatic heterocycles. The maximum absolute atomic E-state index is 13.1. The zero-order valence-electron chi connectivity index (χ0n) is 14.2. The topological polar surface area (TPSA) is 69.0 Å². The van der Waals surface area contributed by atoms with E-state index in [1.807, 2.05) is 12.1 Å². The highest BCUT2D eigenvalue weighted by Gasteiger charge is 2.31. The lowest BCUT2D eigenvalue weighted by atomic mass is 10.2. The average molecular weight is 383 g/mol. The van der Waals surface area contributed by atoms with Crippen LogP contribution in [0.4, 0.5) is 0 Å². The van der Waals surface area contributed by atoms with Gasteiger partial charge in [-0.05, 0) is 30.7 Å². The number of rotatable bonds is 5. The number of hydrogen-bond acceptors (Lipinski definition) is 6. The van der Waals surface area contributed by atoms with Gasteiger partial charge in [0.15, 0.2) is 0 Å². The Bertz CT molecular complexity index is 804. The zero-order valence-corrected chi connectivity index (χ0v) is 15.8. The van der Waals surface area contributed by atoms with E-state index in [0.717, 1.165) is 5.76 Å². The fraction of sp³-hybridized carbons (Fsp3) is 0.412. The van der Waals surface area contributed by atoms with Gasteiger partial charge in [-0.15, -0.1) is 11.8 Å². The molecule has 0 N–H and O–H groups in total. The van der Waals surface area contributed by atoms with Gasteiger partial charge in [-0.2, -0.15) is 4.31 Å². The second kappa shape index (κ2) is 7.72. The standard InChI is InChI=1S/C17H21NO5S2/c1-21-13-5-6-15(22-2)17(12-13)25(19,20)18-8-7-16(24-11-9-18)14-4-3-10-23-14/h3-6,10,12,16H,7-9,11H2,1-2H3. The second-order valence-corrected chi connectivity index (χ2v) is 8.80. The van der Waals surface area contributed by atoms with Gasteiger partial charge in [0, 0.05) is 24.9 Å². The van der Waals surface area contributed by atoms with Crippen LogP contribution in [0.5, 0.6) is 11.5 Å². The van der Waals surface area contributed by atoms with E-state index in [9.17, 15) is 8.42 Å². The van der Waals surface area contributed by atoms with Crippen molar-refractivity contribution in [2.75, 3.05) is 33.1 Å². The summed E-state index contributed by atoms with van der Waals surface area (Å²) >= 11 is 1.72. The number of furan rings is 1. The highest BCUT2D eigenvalue weighted by Crippen LogP contribution is 2.37. The maximum Gasteiger partial charge on any atom is 0.246 e. The number of benzene rings is 1. The van der Waals surface area contributed by atoms with Gasteiger partial charge in [-0.1, -0.05) is 0 Å². The molecule has 1 aromatic heterocycles. The van der Waals surface area contributed by atoms with E-state index in [2.05, 4.69) is 0 Å². The molecular weight excluding hydrogens is 362 g/mol. The van der Waals surface area contributed by atoms with Gasteiger partial charge in [-0.3, -0.25) is 0 Å². The van der Waals surface area contributed by atoms with Gasteiger partial charge >= 0.3 is 0 Å². The normalized spacial score (nSPS) is 19.4. The first-order valence-electron chi connectivity index (χ1n) is 7.93. The van der Waals surface area contributed by atoms with Crippen LogP contribution in [0.3, 0.4) is 0 Å². The largest absolute Gasteiger partial charge is 0.497 e. The minimum absolute atomic E-state index is 0.135. The molecule has 2 aromatic rings. The Morgan fingerprint density at radius 1 is 1.20 bits per heavy atom. The summed E-state index contributed by atoms with van der Waals surface area (Å²) in [7, 11) is -0.696. The molecule has 1 fully saturated rings. The van der Waals surface area contributed by atoms with Gasteiger partial charge < -0.3 is 13.9 Å². The van der Waals surface area contributed by atoms with Gasteiger partial charge in [0.1, 0.15) is 22.2 Å². The van der Waals surface area contributed by atoms with Crippen LogP contribution >= 0.6 is 11.8 Å². The highest BCUT2D eigenvalue weighted by molar-refractivity contribution is 7.99. The Hall–Kier alpha value is -1.64. The van der Waals surface area contributed by atoms with E-state index in [1.54, 1.807) is 30.2 Å². The van der Waals surface area contributed by atoms with E-state index >= 15 is 0 Å². The Labute approximate surface area is 152 Å². The lowest BCUT2D eigenvalue weighted by Gasteiger charge is -2.21. The molecule has 0 radical (unpaired) electrons. The molecule has 1 aromatic carbocycles. The van der Waals surface area contributed by atoms with Gasteiger partial charge in [0.05, 0.1) is 25.7 Å². The van der Waals surface area contributed by atoms with Crippen LogP contribution in [0, 0.1) is 0 Å². The molecule has 6 nitrogen and oxygen atoms in total. The van der Waals surface area contributed by atoms with Crippen molar-refractivity contribution in [2.24, 2.45) is 0 Å². The van der Waals surface area contributed by atoms with E-state index in [1.165, 1.54) is 24.6 Å². The molecule has 136 valence electrons. The Kier molecular flexibility index (Phi) is 5.61. The van der Waals surface area contributed by atoms with Crippen molar-refractivity contribution in [3.05, 3.63) is 42.4 Å². The predicted octanol–water partition coefficient (Wildman–Crippen LogP) is 3.17. The molecule has 1 unspecified atom stereocenters. The number of methoxy groups -OCH3 is 2. The van der Waals surface area contributed by atoms with Crippen LogP contribution in [0.2, 0.25) is 0 Å². The number of thioether (sulfide) groups is 1. The van der Waals surface area contributed by atoms with Crippen molar-refractivity contribution >= 4 is 21.8 Å². The van der Waals surface area contributed by atoms with Gasteiger partial charge in [0.2, 0.25) is 10.0 Å². The SMILES string of the molecule is COc1ccc(OC)c(S(=O)(=O)N2CCSC(c3ccco3)CC2)c1. The molecular formula is C17H21NO5S2. The smallest absolute Gasteiger partial charge is 0.246 e. The predicted molar refractivity (Wildman–Crippen MR) is 96.8 cm³/mol.